The summed E-state index contributed by atoms with van der Waals surface area (Å²) < 4.78 is 5.21. The molecule has 2 rings (SSSR count). The largest absolute Gasteiger partial charge is 0.445 e. The quantitative estimate of drug-likeness (QED) is 0.209. The van der Waals surface area contributed by atoms with Gasteiger partial charge in [-0.15, -0.1) is 0 Å². The molecule has 0 fully saturated rings. The molecule has 224 valence electrons. The Labute approximate surface area is 242 Å². The maximum absolute atomic E-state index is 13.1. The lowest BCUT2D eigenvalue weighted by atomic mass is 9.89. The van der Waals surface area contributed by atoms with Crippen molar-refractivity contribution in [3.8, 4) is 0 Å². The number of nitrogens with one attached hydrogen (secondary N) is 3. The fourth-order valence-corrected chi connectivity index (χ4v) is 4.46. The van der Waals surface area contributed by atoms with E-state index in [0.29, 0.717) is 19.3 Å². The van der Waals surface area contributed by atoms with Crippen molar-refractivity contribution in [2.75, 3.05) is 0 Å². The summed E-state index contributed by atoms with van der Waals surface area (Å²) in [6, 6.07) is 16.0. The summed E-state index contributed by atoms with van der Waals surface area (Å²) in [5.74, 6) is -2.30. The van der Waals surface area contributed by atoms with Gasteiger partial charge in [-0.2, -0.15) is 0 Å². The maximum atomic E-state index is 13.1. The number of aliphatic hydroxyl groups excluding tert-OH is 1. The second-order valence-electron chi connectivity index (χ2n) is 10.7. The summed E-state index contributed by atoms with van der Waals surface area (Å²) >= 11 is 0. The highest BCUT2D eigenvalue weighted by molar-refractivity contribution is 5.88. The number of carbonyl (C=O) groups is 4. The molecule has 10 nitrogen and oxygen atoms in total. The molecule has 0 unspecified atom stereocenters. The first-order valence-electron chi connectivity index (χ1n) is 14.1. The molecule has 2 aromatic carbocycles. The molecule has 10 heteroatoms. The molecule has 2 aromatic rings. The average molecular weight is 569 g/mol. The normalized spacial score (nSPS) is 14.7. The highest BCUT2D eigenvalue weighted by Crippen LogP contribution is 2.19. The predicted octanol–water partition coefficient (Wildman–Crippen LogP) is 2.82. The molecule has 4 amide bonds. The molecule has 0 saturated heterocycles. The first kappa shape index (κ1) is 33.3. The highest BCUT2D eigenvalue weighted by atomic mass is 16.5. The van der Waals surface area contributed by atoms with Crippen molar-refractivity contribution in [1.82, 2.24) is 16.0 Å². The molecule has 0 radical (unpaired) electrons. The third kappa shape index (κ3) is 11.6. The van der Waals surface area contributed by atoms with Crippen LogP contribution >= 0.6 is 0 Å². The maximum Gasteiger partial charge on any atom is 0.408 e. The first-order valence-corrected chi connectivity index (χ1v) is 14.1. The van der Waals surface area contributed by atoms with Crippen LogP contribution in [0.4, 0.5) is 4.79 Å². The second kappa shape index (κ2) is 17.0. The number of amides is 4. The van der Waals surface area contributed by atoms with Gasteiger partial charge < -0.3 is 31.5 Å². The van der Waals surface area contributed by atoms with Gasteiger partial charge in [0.1, 0.15) is 18.7 Å². The van der Waals surface area contributed by atoms with E-state index in [4.69, 9.17) is 10.5 Å². The molecular formula is C31H44N4O6. The Bertz CT molecular complexity index is 1110. The zero-order valence-corrected chi connectivity index (χ0v) is 24.3. The van der Waals surface area contributed by atoms with Crippen LogP contribution in [0.2, 0.25) is 0 Å². The number of ether oxygens (including phenoxy) is 1. The molecule has 0 aliphatic heterocycles. The Morgan fingerprint density at radius 1 is 0.854 bits per heavy atom. The van der Waals surface area contributed by atoms with Crippen LogP contribution < -0.4 is 21.7 Å². The summed E-state index contributed by atoms with van der Waals surface area (Å²) in [4.78, 5) is 50.3. The lowest BCUT2D eigenvalue weighted by molar-refractivity contribution is -0.132. The third-order valence-corrected chi connectivity index (χ3v) is 6.84. The van der Waals surface area contributed by atoms with Crippen LogP contribution in [0.15, 0.2) is 60.7 Å². The molecule has 0 aliphatic rings. The smallest absolute Gasteiger partial charge is 0.408 e. The van der Waals surface area contributed by atoms with E-state index in [9.17, 15) is 24.3 Å². The number of primary amides is 1. The number of carbonyl (C=O) groups excluding carboxylic acids is 4. The number of alkyl carbamates (subject to hydrolysis) is 1. The van der Waals surface area contributed by atoms with Gasteiger partial charge in [0.15, 0.2) is 0 Å². The molecule has 0 aliphatic carbocycles. The summed E-state index contributed by atoms with van der Waals surface area (Å²) in [5, 5.41) is 19.4. The van der Waals surface area contributed by atoms with Crippen molar-refractivity contribution in [2.24, 2.45) is 17.6 Å². The van der Waals surface area contributed by atoms with Crippen molar-refractivity contribution >= 4 is 23.8 Å². The minimum absolute atomic E-state index is 0.0575. The average Bonchev–Trinajstić information content (AvgIpc) is 2.94. The Morgan fingerprint density at radius 2 is 1.44 bits per heavy atom. The minimum atomic E-state index is -1.09. The second-order valence-corrected chi connectivity index (χ2v) is 10.7. The number of aliphatic hydroxyl groups is 1. The summed E-state index contributed by atoms with van der Waals surface area (Å²) in [6.07, 6.45) is -0.327. The van der Waals surface area contributed by atoms with Crippen molar-refractivity contribution < 1.29 is 29.0 Å². The molecule has 41 heavy (non-hydrogen) atoms. The van der Waals surface area contributed by atoms with E-state index in [2.05, 4.69) is 16.0 Å². The molecule has 0 heterocycles. The number of benzene rings is 2. The van der Waals surface area contributed by atoms with Crippen LogP contribution in [-0.4, -0.2) is 53.2 Å². The van der Waals surface area contributed by atoms with E-state index >= 15 is 0 Å². The SMILES string of the molecule is CCC[C@H](C[C@H](O)[C@H](Cc1ccccc1)NC(=O)[C@H](C)NC(=O)OCc1ccccc1)C(=O)N[C@H](C(N)=O)C(C)C. The van der Waals surface area contributed by atoms with Crippen LogP contribution in [0, 0.1) is 11.8 Å². The van der Waals surface area contributed by atoms with Crippen molar-refractivity contribution in [3.05, 3.63) is 71.8 Å². The lowest BCUT2D eigenvalue weighted by Gasteiger charge is -2.29. The van der Waals surface area contributed by atoms with Gasteiger partial charge in [0.05, 0.1) is 12.1 Å². The van der Waals surface area contributed by atoms with Gasteiger partial charge in [0.2, 0.25) is 17.7 Å². The Hall–Kier alpha value is -3.92. The third-order valence-electron chi connectivity index (χ3n) is 6.84. The van der Waals surface area contributed by atoms with Crippen molar-refractivity contribution in [1.29, 1.82) is 0 Å². The first-order chi connectivity index (χ1) is 19.5. The monoisotopic (exact) mass is 568 g/mol. The van der Waals surface area contributed by atoms with Crippen LogP contribution in [0.3, 0.4) is 0 Å². The number of nitrogens with two attached hydrogens (primary N) is 1. The fourth-order valence-electron chi connectivity index (χ4n) is 4.46. The molecule has 0 spiro atoms. The Morgan fingerprint density at radius 3 is 1.98 bits per heavy atom. The van der Waals surface area contributed by atoms with Crippen LogP contribution in [0.5, 0.6) is 0 Å². The Balaban J connectivity index is 2.09. The topological polar surface area (TPSA) is 160 Å². The van der Waals surface area contributed by atoms with Gasteiger partial charge in [-0.05, 0) is 43.2 Å². The van der Waals surface area contributed by atoms with Gasteiger partial charge in [-0.1, -0.05) is 87.9 Å². The number of rotatable bonds is 16. The molecule has 0 saturated carbocycles. The highest BCUT2D eigenvalue weighted by Gasteiger charge is 2.31. The van der Waals surface area contributed by atoms with Crippen molar-refractivity contribution in [3.63, 3.8) is 0 Å². The van der Waals surface area contributed by atoms with E-state index in [1.807, 2.05) is 67.6 Å². The van der Waals surface area contributed by atoms with Gasteiger partial charge in [0.25, 0.3) is 0 Å². The van der Waals surface area contributed by atoms with Crippen LogP contribution in [0.25, 0.3) is 0 Å². The molecular weight excluding hydrogens is 524 g/mol. The fraction of sp³-hybridized carbons (Fsp3) is 0.484. The molecule has 0 aromatic heterocycles. The van der Waals surface area contributed by atoms with E-state index in [0.717, 1.165) is 11.1 Å². The number of hydrogen-bond donors (Lipinski definition) is 5. The predicted molar refractivity (Wildman–Crippen MR) is 156 cm³/mol. The van der Waals surface area contributed by atoms with Gasteiger partial charge in [-0.25, -0.2) is 4.79 Å². The van der Waals surface area contributed by atoms with E-state index < -0.39 is 48.1 Å². The Kier molecular flexibility index (Phi) is 13.8. The van der Waals surface area contributed by atoms with Crippen molar-refractivity contribution in [2.45, 2.75) is 84.2 Å². The van der Waals surface area contributed by atoms with Gasteiger partial charge in [0, 0.05) is 5.92 Å². The summed E-state index contributed by atoms with van der Waals surface area (Å²) in [6.45, 7) is 7.09. The lowest BCUT2D eigenvalue weighted by Crippen LogP contribution is -2.53. The standard InChI is InChI=1S/C31H44N4O6/c1-5-12-24(30(39)35-27(20(2)3)28(32)37)18-26(36)25(17-22-13-8-6-9-14-22)34-29(38)21(4)33-31(40)41-19-23-15-10-7-11-16-23/h6-11,13-16,20-21,24-27,36H,5,12,17-19H2,1-4H3,(H2,32,37)(H,33,40)(H,34,38)(H,35,39)/t21-,24+,25-,26-,27-/m0/s1. The molecule has 5 atom stereocenters. The zero-order chi connectivity index (χ0) is 30.4. The number of hydrogen-bond acceptors (Lipinski definition) is 6. The molecule has 0 bridgehead atoms. The summed E-state index contributed by atoms with van der Waals surface area (Å²) in [5.41, 5.74) is 7.16. The summed E-state index contributed by atoms with van der Waals surface area (Å²) in [7, 11) is 0. The van der Waals surface area contributed by atoms with Crippen LogP contribution in [-0.2, 0) is 32.1 Å². The van der Waals surface area contributed by atoms with E-state index in [1.54, 1.807) is 13.8 Å². The minimum Gasteiger partial charge on any atom is -0.445 e. The molecule has 6 N–H and O–H groups in total. The van der Waals surface area contributed by atoms with E-state index in [1.165, 1.54) is 6.92 Å². The van der Waals surface area contributed by atoms with Crippen LogP contribution in [0.1, 0.15) is 58.1 Å². The van der Waals surface area contributed by atoms with E-state index in [-0.39, 0.29) is 24.9 Å². The van der Waals surface area contributed by atoms with Gasteiger partial charge >= 0.3 is 6.09 Å². The van der Waals surface area contributed by atoms with Gasteiger partial charge in [-0.3, -0.25) is 14.4 Å². The zero-order valence-electron chi connectivity index (χ0n) is 24.3.